The molecule has 0 heterocycles. The largest absolute Gasteiger partial charge is 0.352 e. The van der Waals surface area contributed by atoms with Gasteiger partial charge in [-0.05, 0) is 32.7 Å². The number of hydrogen-bond acceptors (Lipinski definition) is 2. The van der Waals surface area contributed by atoms with E-state index >= 15 is 0 Å². The van der Waals surface area contributed by atoms with Crippen molar-refractivity contribution in [2.45, 2.75) is 58.0 Å². The number of carbonyl (C=O) groups is 1. The van der Waals surface area contributed by atoms with Gasteiger partial charge < -0.3 is 10.6 Å². The van der Waals surface area contributed by atoms with Gasteiger partial charge in [0.1, 0.15) is 0 Å². The highest BCUT2D eigenvalue weighted by Crippen LogP contribution is 2.17. The lowest BCUT2D eigenvalue weighted by atomic mass is 10.2. The first kappa shape index (κ1) is 11.5. The second-order valence-corrected chi connectivity index (χ2v) is 4.17. The van der Waals surface area contributed by atoms with Gasteiger partial charge in [0, 0.05) is 6.04 Å². The molecule has 0 aliphatic heterocycles. The zero-order valence-electron chi connectivity index (χ0n) is 9.31. The van der Waals surface area contributed by atoms with E-state index in [1.807, 2.05) is 6.92 Å². The highest BCUT2D eigenvalue weighted by atomic mass is 16.2. The number of nitrogens with one attached hydrogen (secondary N) is 2. The number of amides is 1. The minimum Gasteiger partial charge on any atom is -0.352 e. The first-order valence-electron chi connectivity index (χ1n) is 5.77. The lowest BCUT2D eigenvalue weighted by Gasteiger charge is -2.17. The molecule has 0 aromatic carbocycles. The summed E-state index contributed by atoms with van der Waals surface area (Å²) in [6, 6.07) is 0.393. The van der Waals surface area contributed by atoms with Gasteiger partial charge in [0.15, 0.2) is 0 Å². The third-order valence-corrected chi connectivity index (χ3v) is 2.80. The van der Waals surface area contributed by atoms with E-state index in [0.29, 0.717) is 6.04 Å². The Bertz CT molecular complexity index is 176. The fourth-order valence-electron chi connectivity index (χ4n) is 1.85. The molecule has 1 rings (SSSR count). The van der Waals surface area contributed by atoms with Crippen molar-refractivity contribution >= 4 is 5.91 Å². The van der Waals surface area contributed by atoms with E-state index < -0.39 is 0 Å². The molecular weight excluding hydrogens is 176 g/mol. The molecule has 1 amide bonds. The first-order chi connectivity index (χ1) is 6.74. The van der Waals surface area contributed by atoms with Gasteiger partial charge >= 0.3 is 0 Å². The summed E-state index contributed by atoms with van der Waals surface area (Å²) in [4.78, 5) is 11.6. The van der Waals surface area contributed by atoms with E-state index in [2.05, 4.69) is 17.6 Å². The summed E-state index contributed by atoms with van der Waals surface area (Å²) in [7, 11) is 0. The standard InChI is InChI=1S/C11H22N2O/c1-3-8-12-9(2)11(14)13-10-6-4-5-7-10/h9-10,12H,3-8H2,1-2H3,(H,13,14). The van der Waals surface area contributed by atoms with Crippen molar-refractivity contribution in [1.29, 1.82) is 0 Å². The SMILES string of the molecule is CCCNC(C)C(=O)NC1CCCC1. The third-order valence-electron chi connectivity index (χ3n) is 2.80. The third kappa shape index (κ3) is 3.66. The van der Waals surface area contributed by atoms with Crippen molar-refractivity contribution in [3.63, 3.8) is 0 Å². The van der Waals surface area contributed by atoms with Gasteiger partial charge in [-0.1, -0.05) is 19.8 Å². The molecule has 1 aliphatic carbocycles. The predicted molar refractivity (Wildman–Crippen MR) is 58.2 cm³/mol. The molecule has 1 atom stereocenters. The maximum absolute atomic E-state index is 11.6. The normalized spacial score (nSPS) is 19.6. The van der Waals surface area contributed by atoms with E-state index in [4.69, 9.17) is 0 Å². The molecule has 3 heteroatoms. The lowest BCUT2D eigenvalue weighted by molar-refractivity contribution is -0.123. The van der Waals surface area contributed by atoms with Crippen LogP contribution in [0.2, 0.25) is 0 Å². The van der Waals surface area contributed by atoms with Crippen LogP contribution >= 0.6 is 0 Å². The Morgan fingerprint density at radius 3 is 2.64 bits per heavy atom. The van der Waals surface area contributed by atoms with Gasteiger partial charge in [0.2, 0.25) is 5.91 Å². The molecule has 1 aliphatic rings. The zero-order valence-corrected chi connectivity index (χ0v) is 9.31. The van der Waals surface area contributed by atoms with Crippen molar-refractivity contribution in [1.82, 2.24) is 10.6 Å². The van der Waals surface area contributed by atoms with Crippen LogP contribution in [0.15, 0.2) is 0 Å². The molecule has 0 aromatic rings. The van der Waals surface area contributed by atoms with Crippen LogP contribution < -0.4 is 10.6 Å². The highest BCUT2D eigenvalue weighted by molar-refractivity contribution is 5.81. The van der Waals surface area contributed by atoms with E-state index in [1.54, 1.807) is 0 Å². The maximum Gasteiger partial charge on any atom is 0.237 e. The van der Waals surface area contributed by atoms with Crippen molar-refractivity contribution in [3.05, 3.63) is 0 Å². The summed E-state index contributed by atoms with van der Waals surface area (Å²) in [6.45, 7) is 4.95. The molecule has 14 heavy (non-hydrogen) atoms. The number of carbonyl (C=O) groups excluding carboxylic acids is 1. The van der Waals surface area contributed by atoms with Crippen LogP contribution in [0.5, 0.6) is 0 Å². The van der Waals surface area contributed by atoms with Gasteiger partial charge in [0.25, 0.3) is 0 Å². The topological polar surface area (TPSA) is 41.1 Å². The summed E-state index contributed by atoms with van der Waals surface area (Å²) in [6.07, 6.45) is 5.92. The maximum atomic E-state index is 11.6. The average molecular weight is 198 g/mol. The van der Waals surface area contributed by atoms with E-state index in [1.165, 1.54) is 12.8 Å². The van der Waals surface area contributed by atoms with Gasteiger partial charge in [-0.3, -0.25) is 4.79 Å². The Morgan fingerprint density at radius 2 is 2.07 bits per heavy atom. The molecule has 1 unspecified atom stereocenters. The van der Waals surface area contributed by atoms with E-state index in [9.17, 15) is 4.79 Å². The van der Waals surface area contributed by atoms with Crippen LogP contribution in [0.4, 0.5) is 0 Å². The fraction of sp³-hybridized carbons (Fsp3) is 0.909. The fourth-order valence-corrected chi connectivity index (χ4v) is 1.85. The first-order valence-corrected chi connectivity index (χ1v) is 5.77. The minimum absolute atomic E-state index is 0.0458. The number of hydrogen-bond donors (Lipinski definition) is 2. The second kappa shape index (κ2) is 6.02. The Labute approximate surface area is 86.6 Å². The number of rotatable bonds is 5. The Morgan fingerprint density at radius 1 is 1.43 bits per heavy atom. The molecule has 82 valence electrons. The Hall–Kier alpha value is -0.570. The van der Waals surface area contributed by atoms with Crippen LogP contribution in [0.3, 0.4) is 0 Å². The summed E-state index contributed by atoms with van der Waals surface area (Å²) in [5, 5.41) is 6.28. The molecule has 3 nitrogen and oxygen atoms in total. The van der Waals surface area contributed by atoms with Crippen LogP contribution in [-0.2, 0) is 4.79 Å². The molecule has 1 saturated carbocycles. The molecule has 0 bridgehead atoms. The van der Waals surface area contributed by atoms with Crippen molar-refractivity contribution in [2.75, 3.05) is 6.54 Å². The molecular formula is C11H22N2O. The molecule has 1 fully saturated rings. The minimum atomic E-state index is -0.0458. The van der Waals surface area contributed by atoms with Crippen LogP contribution in [0.25, 0.3) is 0 Å². The quantitative estimate of drug-likeness (QED) is 0.701. The van der Waals surface area contributed by atoms with Crippen molar-refractivity contribution in [2.24, 2.45) is 0 Å². The van der Waals surface area contributed by atoms with Gasteiger partial charge in [-0.15, -0.1) is 0 Å². The van der Waals surface area contributed by atoms with Gasteiger partial charge in [-0.25, -0.2) is 0 Å². The van der Waals surface area contributed by atoms with Crippen LogP contribution in [0, 0.1) is 0 Å². The smallest absolute Gasteiger partial charge is 0.237 e. The van der Waals surface area contributed by atoms with E-state index in [-0.39, 0.29) is 11.9 Å². The zero-order chi connectivity index (χ0) is 10.4. The summed E-state index contributed by atoms with van der Waals surface area (Å²) in [5.41, 5.74) is 0. The van der Waals surface area contributed by atoms with Crippen molar-refractivity contribution in [3.8, 4) is 0 Å². The van der Waals surface area contributed by atoms with Crippen LogP contribution in [0.1, 0.15) is 46.0 Å². The summed E-state index contributed by atoms with van der Waals surface area (Å²) < 4.78 is 0. The van der Waals surface area contributed by atoms with Gasteiger partial charge in [0.05, 0.1) is 6.04 Å². The van der Waals surface area contributed by atoms with Crippen LogP contribution in [-0.4, -0.2) is 24.5 Å². The summed E-state index contributed by atoms with van der Waals surface area (Å²) >= 11 is 0. The molecule has 0 spiro atoms. The Kier molecular flexibility index (Phi) is 4.94. The molecule has 0 saturated heterocycles. The van der Waals surface area contributed by atoms with E-state index in [0.717, 1.165) is 25.8 Å². The monoisotopic (exact) mass is 198 g/mol. The van der Waals surface area contributed by atoms with Crippen molar-refractivity contribution < 1.29 is 4.79 Å². The Balaban J connectivity index is 2.18. The molecule has 2 N–H and O–H groups in total. The molecule has 0 radical (unpaired) electrons. The van der Waals surface area contributed by atoms with Gasteiger partial charge in [-0.2, -0.15) is 0 Å². The average Bonchev–Trinajstić information content (AvgIpc) is 2.66. The second-order valence-electron chi connectivity index (χ2n) is 4.17. The summed E-state index contributed by atoms with van der Waals surface area (Å²) in [5.74, 6) is 0.158. The predicted octanol–water partition coefficient (Wildman–Crippen LogP) is 1.43. The molecule has 0 aromatic heterocycles. The lowest BCUT2D eigenvalue weighted by Crippen LogP contribution is -2.45. The highest BCUT2D eigenvalue weighted by Gasteiger charge is 2.19.